The van der Waals surface area contributed by atoms with Crippen molar-refractivity contribution in [1.29, 1.82) is 0 Å². The van der Waals surface area contributed by atoms with Crippen molar-refractivity contribution < 1.29 is 4.79 Å². The van der Waals surface area contributed by atoms with E-state index in [4.69, 9.17) is 5.73 Å². The molecule has 1 aromatic rings. The van der Waals surface area contributed by atoms with E-state index in [9.17, 15) is 4.79 Å². The molecule has 1 aliphatic rings. The Labute approximate surface area is 111 Å². The van der Waals surface area contributed by atoms with Crippen molar-refractivity contribution in [2.24, 2.45) is 5.92 Å². The number of nitrogens with one attached hydrogen (secondary N) is 1. The van der Waals surface area contributed by atoms with Gasteiger partial charge in [-0.1, -0.05) is 6.92 Å². The molecule has 2 heterocycles. The summed E-state index contributed by atoms with van der Waals surface area (Å²) in [6, 6.07) is 0. The fourth-order valence-electron chi connectivity index (χ4n) is 2.10. The third-order valence-electron chi connectivity index (χ3n) is 3.34. The Hall–Kier alpha value is -1.14. The van der Waals surface area contributed by atoms with Gasteiger partial charge < -0.3 is 16.0 Å². The standard InChI is InChI=1S/C12H20N4OS/c1-9-2-5-16(6-3-9)7-4-14-11(17)10-8-18-12(13)15-10/h8-9H,2-7H2,1H3,(H2,13,15)(H,14,17). The molecule has 0 saturated carbocycles. The lowest BCUT2D eigenvalue weighted by Crippen LogP contribution is -2.39. The number of aromatic nitrogens is 1. The second-order valence-corrected chi connectivity index (χ2v) is 5.74. The summed E-state index contributed by atoms with van der Waals surface area (Å²) >= 11 is 1.29. The van der Waals surface area contributed by atoms with E-state index in [2.05, 4.69) is 22.1 Å². The minimum absolute atomic E-state index is 0.131. The molecule has 100 valence electrons. The fraction of sp³-hybridized carbons (Fsp3) is 0.667. The number of nitrogens with zero attached hydrogens (tertiary/aromatic N) is 2. The van der Waals surface area contributed by atoms with Gasteiger partial charge in [0.15, 0.2) is 5.13 Å². The zero-order valence-electron chi connectivity index (χ0n) is 10.7. The quantitative estimate of drug-likeness (QED) is 0.860. The third-order valence-corrected chi connectivity index (χ3v) is 4.02. The summed E-state index contributed by atoms with van der Waals surface area (Å²) in [4.78, 5) is 18.1. The Bertz CT molecular complexity index is 399. The Morgan fingerprint density at radius 2 is 2.33 bits per heavy atom. The van der Waals surface area contributed by atoms with E-state index in [1.165, 1.54) is 24.2 Å². The number of nitrogen functional groups attached to an aromatic ring is 1. The molecule has 0 unspecified atom stereocenters. The molecule has 0 aromatic carbocycles. The second kappa shape index (κ2) is 6.15. The van der Waals surface area contributed by atoms with Gasteiger partial charge in [-0.15, -0.1) is 11.3 Å². The number of carbonyl (C=O) groups is 1. The monoisotopic (exact) mass is 268 g/mol. The van der Waals surface area contributed by atoms with Gasteiger partial charge in [0.1, 0.15) is 5.69 Å². The molecule has 0 bridgehead atoms. The number of nitrogens with two attached hydrogens (primary N) is 1. The molecule has 0 atom stereocenters. The number of carbonyl (C=O) groups excluding carboxylic acids is 1. The van der Waals surface area contributed by atoms with E-state index in [1.54, 1.807) is 5.38 Å². The maximum Gasteiger partial charge on any atom is 0.270 e. The zero-order chi connectivity index (χ0) is 13.0. The first-order valence-electron chi connectivity index (χ1n) is 6.36. The minimum atomic E-state index is -0.131. The molecule has 3 N–H and O–H groups in total. The van der Waals surface area contributed by atoms with Gasteiger partial charge in [-0.2, -0.15) is 0 Å². The van der Waals surface area contributed by atoms with Crippen molar-refractivity contribution in [1.82, 2.24) is 15.2 Å². The number of rotatable bonds is 4. The summed E-state index contributed by atoms with van der Waals surface area (Å²) < 4.78 is 0. The van der Waals surface area contributed by atoms with Gasteiger partial charge in [-0.25, -0.2) is 4.98 Å². The number of likely N-dealkylation sites (tertiary alicyclic amines) is 1. The van der Waals surface area contributed by atoms with Gasteiger partial charge in [0, 0.05) is 18.5 Å². The number of hydrogen-bond donors (Lipinski definition) is 2. The first-order chi connectivity index (χ1) is 8.65. The molecule has 0 aliphatic carbocycles. The average Bonchev–Trinajstić information content (AvgIpc) is 2.78. The third kappa shape index (κ3) is 3.68. The molecule has 0 radical (unpaired) electrons. The van der Waals surface area contributed by atoms with Crippen molar-refractivity contribution in [2.45, 2.75) is 19.8 Å². The van der Waals surface area contributed by atoms with E-state index in [-0.39, 0.29) is 5.91 Å². The van der Waals surface area contributed by atoms with Gasteiger partial charge in [-0.05, 0) is 31.8 Å². The highest BCUT2D eigenvalue weighted by Crippen LogP contribution is 2.15. The highest BCUT2D eigenvalue weighted by Gasteiger charge is 2.15. The van der Waals surface area contributed by atoms with Crippen molar-refractivity contribution in [3.63, 3.8) is 0 Å². The van der Waals surface area contributed by atoms with Gasteiger partial charge in [0.05, 0.1) is 0 Å². The summed E-state index contributed by atoms with van der Waals surface area (Å²) in [7, 11) is 0. The molecule has 2 rings (SSSR count). The molecule has 5 nitrogen and oxygen atoms in total. The normalized spacial score (nSPS) is 17.8. The van der Waals surface area contributed by atoms with Crippen LogP contribution in [0.3, 0.4) is 0 Å². The molecule has 1 fully saturated rings. The first-order valence-corrected chi connectivity index (χ1v) is 7.24. The molecular weight excluding hydrogens is 248 g/mol. The van der Waals surface area contributed by atoms with Gasteiger partial charge in [0.25, 0.3) is 5.91 Å². The Morgan fingerprint density at radius 1 is 1.61 bits per heavy atom. The topological polar surface area (TPSA) is 71.2 Å². The van der Waals surface area contributed by atoms with Crippen LogP contribution in [0.2, 0.25) is 0 Å². The Morgan fingerprint density at radius 3 is 2.94 bits per heavy atom. The van der Waals surface area contributed by atoms with Gasteiger partial charge in [-0.3, -0.25) is 4.79 Å². The second-order valence-electron chi connectivity index (χ2n) is 4.85. The van der Waals surface area contributed by atoms with Crippen molar-refractivity contribution in [2.75, 3.05) is 31.9 Å². The number of thiazole rings is 1. The van der Waals surface area contributed by atoms with E-state index in [0.717, 1.165) is 25.6 Å². The first kappa shape index (κ1) is 13.3. The lowest BCUT2D eigenvalue weighted by Gasteiger charge is -2.30. The van der Waals surface area contributed by atoms with Crippen molar-refractivity contribution in [3.8, 4) is 0 Å². The summed E-state index contributed by atoms with van der Waals surface area (Å²) in [5.41, 5.74) is 5.92. The van der Waals surface area contributed by atoms with Gasteiger partial charge >= 0.3 is 0 Å². The smallest absolute Gasteiger partial charge is 0.270 e. The van der Waals surface area contributed by atoms with Crippen LogP contribution in [0, 0.1) is 5.92 Å². The van der Waals surface area contributed by atoms with Crippen LogP contribution in [0.25, 0.3) is 0 Å². The van der Waals surface area contributed by atoms with Crippen LogP contribution in [-0.4, -0.2) is 42.0 Å². The molecule has 0 spiro atoms. The van der Waals surface area contributed by atoms with E-state index in [0.29, 0.717) is 17.4 Å². The van der Waals surface area contributed by atoms with Crippen LogP contribution < -0.4 is 11.1 Å². The van der Waals surface area contributed by atoms with E-state index >= 15 is 0 Å². The highest BCUT2D eigenvalue weighted by molar-refractivity contribution is 7.13. The lowest BCUT2D eigenvalue weighted by molar-refractivity contribution is 0.0940. The van der Waals surface area contributed by atoms with Crippen molar-refractivity contribution in [3.05, 3.63) is 11.1 Å². The molecular formula is C12H20N4OS. The predicted molar refractivity (Wildman–Crippen MR) is 73.7 cm³/mol. The van der Waals surface area contributed by atoms with Crippen LogP contribution in [0.5, 0.6) is 0 Å². The maximum atomic E-state index is 11.7. The van der Waals surface area contributed by atoms with E-state index < -0.39 is 0 Å². The number of hydrogen-bond acceptors (Lipinski definition) is 5. The predicted octanol–water partition coefficient (Wildman–Crippen LogP) is 1.19. The van der Waals surface area contributed by atoms with Gasteiger partial charge in [0.2, 0.25) is 0 Å². The summed E-state index contributed by atoms with van der Waals surface area (Å²) in [6.45, 7) is 6.16. The molecule has 1 saturated heterocycles. The molecule has 1 aromatic heterocycles. The molecule has 18 heavy (non-hydrogen) atoms. The minimum Gasteiger partial charge on any atom is -0.375 e. The summed E-state index contributed by atoms with van der Waals surface area (Å²) in [5.74, 6) is 0.710. The number of amides is 1. The lowest BCUT2D eigenvalue weighted by atomic mass is 9.99. The largest absolute Gasteiger partial charge is 0.375 e. The molecule has 1 amide bonds. The summed E-state index contributed by atoms with van der Waals surface area (Å²) in [6.07, 6.45) is 2.52. The number of piperidine rings is 1. The molecule has 6 heteroatoms. The fourth-order valence-corrected chi connectivity index (χ4v) is 2.64. The van der Waals surface area contributed by atoms with Crippen molar-refractivity contribution >= 4 is 22.4 Å². The van der Waals surface area contributed by atoms with Crippen LogP contribution in [-0.2, 0) is 0 Å². The molecule has 1 aliphatic heterocycles. The Balaban J connectivity index is 1.67. The number of anilines is 1. The summed E-state index contributed by atoms with van der Waals surface area (Å²) in [5, 5.41) is 5.00. The van der Waals surface area contributed by atoms with E-state index in [1.807, 2.05) is 0 Å². The zero-order valence-corrected chi connectivity index (χ0v) is 11.5. The van der Waals surface area contributed by atoms with Crippen LogP contribution in [0.15, 0.2) is 5.38 Å². The Kier molecular flexibility index (Phi) is 4.54. The van der Waals surface area contributed by atoms with Crippen LogP contribution in [0.1, 0.15) is 30.3 Å². The van der Waals surface area contributed by atoms with Crippen LogP contribution in [0.4, 0.5) is 5.13 Å². The average molecular weight is 268 g/mol. The highest BCUT2D eigenvalue weighted by atomic mass is 32.1. The maximum absolute atomic E-state index is 11.7. The van der Waals surface area contributed by atoms with Crippen LogP contribution >= 0.6 is 11.3 Å². The SMILES string of the molecule is CC1CCN(CCNC(=O)c2csc(N)n2)CC1.